The van der Waals surface area contributed by atoms with Crippen LogP contribution in [0.15, 0.2) is 28.6 Å². The lowest BCUT2D eigenvalue weighted by Crippen LogP contribution is -1.91. The van der Waals surface area contributed by atoms with E-state index in [4.69, 9.17) is 23.2 Å². The average molecular weight is 300 g/mol. The minimum atomic E-state index is 0.237. The number of hydrogen-bond acceptors (Lipinski definition) is 3. The van der Waals surface area contributed by atoms with Gasteiger partial charge in [0.1, 0.15) is 5.75 Å². The second-order valence-corrected chi connectivity index (χ2v) is 5.46. The van der Waals surface area contributed by atoms with Gasteiger partial charge >= 0.3 is 0 Å². The number of rotatable bonds is 2. The van der Waals surface area contributed by atoms with Gasteiger partial charge in [-0.1, -0.05) is 29.3 Å². The largest absolute Gasteiger partial charge is 0.506 e. The molecule has 0 spiro atoms. The highest BCUT2D eigenvalue weighted by Crippen LogP contribution is 2.40. The van der Waals surface area contributed by atoms with E-state index in [1.54, 1.807) is 19.2 Å². The molecule has 1 heterocycles. The van der Waals surface area contributed by atoms with Gasteiger partial charge in [0.2, 0.25) is 0 Å². The van der Waals surface area contributed by atoms with Crippen molar-refractivity contribution < 1.29 is 5.11 Å². The van der Waals surface area contributed by atoms with E-state index in [1.165, 1.54) is 11.3 Å². The normalized spacial score (nSPS) is 11.9. The van der Waals surface area contributed by atoms with Crippen molar-refractivity contribution in [1.29, 1.82) is 0 Å². The molecule has 1 aromatic carbocycles. The third kappa shape index (κ3) is 2.39. The van der Waals surface area contributed by atoms with E-state index in [0.717, 1.165) is 21.7 Å². The molecule has 0 aliphatic rings. The van der Waals surface area contributed by atoms with E-state index in [9.17, 15) is 5.11 Å². The number of thiophene rings is 1. The predicted octanol–water partition coefficient (Wildman–Crippen LogP) is 4.87. The first-order valence-corrected chi connectivity index (χ1v) is 6.87. The number of hydrogen-bond donors (Lipinski definition) is 1. The second kappa shape index (κ2) is 5.31. The van der Waals surface area contributed by atoms with Crippen LogP contribution in [0, 0.1) is 0 Å². The van der Waals surface area contributed by atoms with Crippen LogP contribution in [0.1, 0.15) is 12.5 Å². The minimum absolute atomic E-state index is 0.237. The molecule has 0 saturated carbocycles. The zero-order valence-corrected chi connectivity index (χ0v) is 12.2. The molecule has 0 saturated heterocycles. The smallest absolute Gasteiger partial charge is 0.143 e. The van der Waals surface area contributed by atoms with Crippen LogP contribution in [0.25, 0.3) is 10.4 Å². The Balaban J connectivity index is 2.52. The Bertz CT molecular complexity index is 619. The van der Waals surface area contributed by atoms with Gasteiger partial charge in [-0.05, 0) is 24.6 Å². The van der Waals surface area contributed by atoms with Crippen molar-refractivity contribution in [1.82, 2.24) is 0 Å². The van der Waals surface area contributed by atoms with Gasteiger partial charge in [-0.3, -0.25) is 4.99 Å². The maximum atomic E-state index is 10.2. The third-order valence-corrected chi connectivity index (χ3v) is 4.43. The summed E-state index contributed by atoms with van der Waals surface area (Å²) in [4.78, 5) is 4.84. The van der Waals surface area contributed by atoms with Crippen molar-refractivity contribution in [3.63, 3.8) is 0 Å². The van der Waals surface area contributed by atoms with Crippen molar-refractivity contribution in [3.8, 4) is 16.2 Å². The van der Waals surface area contributed by atoms with Gasteiger partial charge in [0, 0.05) is 23.7 Å². The summed E-state index contributed by atoms with van der Waals surface area (Å²) in [6.07, 6.45) is 0. The Morgan fingerprint density at radius 2 is 2.00 bits per heavy atom. The molecule has 5 heteroatoms. The molecule has 0 radical (unpaired) electrons. The third-order valence-electron chi connectivity index (χ3n) is 2.67. The quantitative estimate of drug-likeness (QED) is 0.789. The van der Waals surface area contributed by atoms with Crippen LogP contribution < -0.4 is 0 Å². The Morgan fingerprint density at radius 3 is 2.61 bits per heavy atom. The Hall–Kier alpha value is -1.03. The highest BCUT2D eigenvalue weighted by molar-refractivity contribution is 7.14. The number of benzene rings is 1. The van der Waals surface area contributed by atoms with Crippen LogP contribution in [-0.4, -0.2) is 17.9 Å². The van der Waals surface area contributed by atoms with E-state index in [-0.39, 0.29) is 5.75 Å². The number of halogens is 2. The average Bonchev–Trinajstić information content (AvgIpc) is 2.74. The zero-order valence-electron chi connectivity index (χ0n) is 9.87. The highest BCUT2D eigenvalue weighted by Gasteiger charge is 2.14. The Morgan fingerprint density at radius 1 is 1.28 bits per heavy atom. The molecule has 0 aliphatic heterocycles. The van der Waals surface area contributed by atoms with Crippen molar-refractivity contribution >= 4 is 40.3 Å². The molecular weight excluding hydrogens is 289 g/mol. The summed E-state index contributed by atoms with van der Waals surface area (Å²) in [5.74, 6) is 0.237. The second-order valence-electron chi connectivity index (χ2n) is 3.77. The van der Waals surface area contributed by atoms with Crippen LogP contribution in [0.4, 0.5) is 0 Å². The Labute approximate surface area is 120 Å². The standard InChI is InChI=1S/C13H11Cl2NOS/c1-7(16-2)9-6-18-13(12(9)17)8-3-4-10(14)11(15)5-8/h3-6,17H,1-2H3/b16-7+. The topological polar surface area (TPSA) is 32.6 Å². The van der Waals surface area contributed by atoms with E-state index < -0.39 is 0 Å². The first-order chi connectivity index (χ1) is 8.54. The number of aliphatic imine (C=N–C) groups is 1. The summed E-state index contributed by atoms with van der Waals surface area (Å²) in [6, 6.07) is 5.30. The molecule has 94 valence electrons. The molecule has 2 nitrogen and oxygen atoms in total. The molecule has 0 amide bonds. The maximum absolute atomic E-state index is 10.2. The monoisotopic (exact) mass is 299 g/mol. The lowest BCUT2D eigenvalue weighted by molar-refractivity contribution is 0.478. The molecule has 18 heavy (non-hydrogen) atoms. The van der Waals surface area contributed by atoms with Crippen molar-refractivity contribution in [2.75, 3.05) is 7.05 Å². The van der Waals surface area contributed by atoms with E-state index in [1.807, 2.05) is 18.4 Å². The first-order valence-electron chi connectivity index (χ1n) is 5.24. The zero-order chi connectivity index (χ0) is 13.3. The van der Waals surface area contributed by atoms with Crippen LogP contribution >= 0.6 is 34.5 Å². The summed E-state index contributed by atoms with van der Waals surface area (Å²) in [7, 11) is 1.70. The molecule has 0 bridgehead atoms. The van der Waals surface area contributed by atoms with Gasteiger partial charge in [0.15, 0.2) is 0 Å². The fourth-order valence-corrected chi connectivity index (χ4v) is 2.87. The number of nitrogens with zero attached hydrogens (tertiary/aromatic N) is 1. The molecule has 0 unspecified atom stereocenters. The molecule has 0 fully saturated rings. The van der Waals surface area contributed by atoms with E-state index in [2.05, 4.69) is 4.99 Å². The molecule has 2 aromatic rings. The lowest BCUT2D eigenvalue weighted by atomic mass is 10.1. The molecular formula is C13H11Cl2NOS. The highest BCUT2D eigenvalue weighted by atomic mass is 35.5. The summed E-state index contributed by atoms with van der Waals surface area (Å²) in [6.45, 7) is 1.86. The lowest BCUT2D eigenvalue weighted by Gasteiger charge is -2.03. The van der Waals surface area contributed by atoms with Crippen LogP contribution in [0.3, 0.4) is 0 Å². The van der Waals surface area contributed by atoms with E-state index >= 15 is 0 Å². The van der Waals surface area contributed by atoms with Crippen LogP contribution in [-0.2, 0) is 0 Å². The van der Waals surface area contributed by atoms with Gasteiger partial charge < -0.3 is 5.11 Å². The summed E-state index contributed by atoms with van der Waals surface area (Å²) in [5, 5.41) is 13.1. The molecule has 1 aromatic heterocycles. The fraction of sp³-hybridized carbons (Fsp3) is 0.154. The van der Waals surface area contributed by atoms with Crippen molar-refractivity contribution in [3.05, 3.63) is 39.2 Å². The van der Waals surface area contributed by atoms with Crippen LogP contribution in [0.2, 0.25) is 10.0 Å². The minimum Gasteiger partial charge on any atom is -0.506 e. The fourth-order valence-electron chi connectivity index (χ4n) is 1.57. The van der Waals surface area contributed by atoms with Crippen molar-refractivity contribution in [2.45, 2.75) is 6.92 Å². The van der Waals surface area contributed by atoms with Crippen molar-refractivity contribution in [2.24, 2.45) is 4.99 Å². The number of aromatic hydroxyl groups is 1. The van der Waals surface area contributed by atoms with Gasteiger partial charge in [0.05, 0.1) is 14.9 Å². The summed E-state index contributed by atoms with van der Waals surface area (Å²) in [5.41, 5.74) is 2.40. The Kier molecular flexibility index (Phi) is 3.95. The maximum Gasteiger partial charge on any atom is 0.143 e. The van der Waals surface area contributed by atoms with Gasteiger partial charge in [0.25, 0.3) is 0 Å². The SMILES string of the molecule is C/N=C(\C)c1csc(-c2ccc(Cl)c(Cl)c2)c1O. The molecule has 0 aliphatic carbocycles. The van der Waals surface area contributed by atoms with E-state index in [0.29, 0.717) is 10.0 Å². The molecule has 2 rings (SSSR count). The van der Waals surface area contributed by atoms with Gasteiger partial charge in [-0.2, -0.15) is 0 Å². The predicted molar refractivity (Wildman–Crippen MR) is 79.6 cm³/mol. The van der Waals surface area contributed by atoms with Gasteiger partial charge in [-0.15, -0.1) is 11.3 Å². The first kappa shape index (κ1) is 13.4. The van der Waals surface area contributed by atoms with Crippen LogP contribution in [0.5, 0.6) is 5.75 Å². The molecule has 1 N–H and O–H groups in total. The summed E-state index contributed by atoms with van der Waals surface area (Å²) >= 11 is 13.3. The summed E-state index contributed by atoms with van der Waals surface area (Å²) < 4.78 is 0. The van der Waals surface area contributed by atoms with Gasteiger partial charge in [-0.25, -0.2) is 0 Å². The molecule has 0 atom stereocenters.